The fourth-order valence-electron chi connectivity index (χ4n) is 5.92. The highest BCUT2D eigenvalue weighted by atomic mass is 15.2. The molecule has 3 heteroatoms. The van der Waals surface area contributed by atoms with Crippen LogP contribution in [0.5, 0.6) is 0 Å². The summed E-state index contributed by atoms with van der Waals surface area (Å²) in [5.41, 5.74) is 13.3. The Bertz CT molecular complexity index is 1930. The van der Waals surface area contributed by atoms with Crippen molar-refractivity contribution < 1.29 is 0 Å². The number of hydrogen-bond acceptors (Lipinski definition) is 3. The van der Waals surface area contributed by atoms with Crippen LogP contribution in [0.15, 0.2) is 152 Å². The lowest BCUT2D eigenvalue weighted by molar-refractivity contribution is 1.06. The first kappa shape index (κ1) is 29.2. The highest BCUT2D eigenvalue weighted by molar-refractivity contribution is 5.98. The van der Waals surface area contributed by atoms with Crippen LogP contribution in [0.25, 0.3) is 33.3 Å². The fourth-order valence-corrected chi connectivity index (χ4v) is 5.92. The molecule has 0 saturated heterocycles. The molecule has 0 saturated carbocycles. The molecule has 1 heterocycles. The van der Waals surface area contributed by atoms with Crippen molar-refractivity contribution in [2.75, 3.05) is 11.9 Å². The lowest BCUT2D eigenvalue weighted by Crippen LogP contribution is -2.15. The second-order valence-electron chi connectivity index (χ2n) is 10.5. The second kappa shape index (κ2) is 12.3. The minimum Gasteiger partial charge on any atom is -0.313 e. The lowest BCUT2D eigenvalue weighted by atomic mass is 9.80. The summed E-state index contributed by atoms with van der Waals surface area (Å²) >= 11 is 0. The molecule has 0 amide bonds. The zero-order chi connectivity index (χ0) is 30.7. The average Bonchev–Trinajstić information content (AvgIpc) is 3.03. The smallest absolute Gasteiger partial charge is 0.230 e. The number of benzene rings is 3. The summed E-state index contributed by atoms with van der Waals surface area (Å²) < 4.78 is 0. The van der Waals surface area contributed by atoms with Crippen molar-refractivity contribution in [3.8, 4) is 11.3 Å². The monoisotopic (exact) mass is 559 g/mol. The van der Waals surface area contributed by atoms with Gasteiger partial charge in [0.2, 0.25) is 5.95 Å². The molecule has 0 radical (unpaired) electrons. The number of anilines is 2. The predicted molar refractivity (Wildman–Crippen MR) is 186 cm³/mol. The highest BCUT2D eigenvalue weighted by Crippen LogP contribution is 2.42. The first-order chi connectivity index (χ1) is 20.9. The van der Waals surface area contributed by atoms with Crippen LogP contribution in [-0.2, 0) is 0 Å². The van der Waals surface area contributed by atoms with Crippen LogP contribution in [0.1, 0.15) is 30.5 Å². The number of allylic oxidation sites excluding steroid dienone is 12. The SMILES string of the molecule is C=CC1=C(C=C)c2cc(-c3nc(N(C)c4ccccc4C)nc4ccccc34)ccc2/C(C=C)=C(\C=C)C(/C=C\C)=C1C. The summed E-state index contributed by atoms with van der Waals surface area (Å²) in [5.74, 6) is 0.636. The second-order valence-corrected chi connectivity index (χ2v) is 10.5. The molecule has 0 aliphatic heterocycles. The van der Waals surface area contributed by atoms with Gasteiger partial charge in [0.25, 0.3) is 0 Å². The van der Waals surface area contributed by atoms with Gasteiger partial charge in [0.1, 0.15) is 0 Å². The van der Waals surface area contributed by atoms with Gasteiger partial charge in [-0.1, -0.05) is 111 Å². The summed E-state index contributed by atoms with van der Waals surface area (Å²) in [6.07, 6.45) is 11.8. The van der Waals surface area contributed by atoms with Gasteiger partial charge in [-0.3, -0.25) is 0 Å². The van der Waals surface area contributed by atoms with Crippen LogP contribution in [0, 0.1) is 6.92 Å². The first-order valence-electron chi connectivity index (χ1n) is 14.4. The minimum atomic E-state index is 0.636. The van der Waals surface area contributed by atoms with Crippen LogP contribution in [0.3, 0.4) is 0 Å². The number of nitrogens with zero attached hydrogens (tertiary/aromatic N) is 3. The van der Waals surface area contributed by atoms with E-state index < -0.39 is 0 Å². The van der Waals surface area contributed by atoms with Gasteiger partial charge in [0.15, 0.2) is 0 Å². The summed E-state index contributed by atoms with van der Waals surface area (Å²) in [7, 11) is 2.01. The van der Waals surface area contributed by atoms with Crippen molar-refractivity contribution in [2.24, 2.45) is 0 Å². The van der Waals surface area contributed by atoms with Crippen LogP contribution in [0.4, 0.5) is 11.6 Å². The predicted octanol–water partition coefficient (Wildman–Crippen LogP) is 10.5. The highest BCUT2D eigenvalue weighted by Gasteiger charge is 2.22. The minimum absolute atomic E-state index is 0.636. The van der Waals surface area contributed by atoms with Crippen molar-refractivity contribution in [3.63, 3.8) is 0 Å². The standard InChI is InChI=1S/C40H37N3/c1-9-18-33-27(7)29(10-2)30(11-3)36-25-28(23-24-34(36)32(13-5)31(33)12-4)39-35-20-15-16-21-37(35)41-40(42-39)43(8)38-22-17-14-19-26(38)6/h9-25H,2-5H2,1,6-8H3/b18-9-,29-27?,30-29?,32-31+,33-27?,33-31?,34-32?,36-30?. The van der Waals surface area contributed by atoms with Gasteiger partial charge in [0, 0.05) is 23.7 Å². The van der Waals surface area contributed by atoms with Gasteiger partial charge in [-0.15, -0.1) is 0 Å². The van der Waals surface area contributed by atoms with Crippen molar-refractivity contribution in [1.29, 1.82) is 0 Å². The molecule has 1 aliphatic rings. The quantitative estimate of drug-likeness (QED) is 0.215. The zero-order valence-electron chi connectivity index (χ0n) is 25.5. The largest absolute Gasteiger partial charge is 0.313 e. The molecule has 3 nitrogen and oxygen atoms in total. The molecule has 3 aromatic carbocycles. The number of aryl methyl sites for hydroxylation is 1. The molecule has 43 heavy (non-hydrogen) atoms. The van der Waals surface area contributed by atoms with Crippen LogP contribution >= 0.6 is 0 Å². The maximum Gasteiger partial charge on any atom is 0.230 e. The topological polar surface area (TPSA) is 29.0 Å². The Morgan fingerprint density at radius 2 is 1.33 bits per heavy atom. The van der Waals surface area contributed by atoms with E-state index >= 15 is 0 Å². The van der Waals surface area contributed by atoms with E-state index in [1.165, 1.54) is 0 Å². The fraction of sp³-hybridized carbons (Fsp3) is 0.100. The van der Waals surface area contributed by atoms with Crippen LogP contribution in [0.2, 0.25) is 0 Å². The molecule has 0 atom stereocenters. The van der Waals surface area contributed by atoms with Crippen molar-refractivity contribution in [2.45, 2.75) is 20.8 Å². The Morgan fingerprint density at radius 1 is 0.674 bits per heavy atom. The van der Waals surface area contributed by atoms with Crippen molar-refractivity contribution >= 4 is 33.7 Å². The average molecular weight is 560 g/mol. The Labute approximate surface area is 255 Å². The van der Waals surface area contributed by atoms with Gasteiger partial charge in [-0.25, -0.2) is 9.97 Å². The Kier molecular flexibility index (Phi) is 8.36. The van der Waals surface area contributed by atoms with Gasteiger partial charge in [0.05, 0.1) is 11.2 Å². The van der Waals surface area contributed by atoms with Crippen molar-refractivity contribution in [1.82, 2.24) is 9.97 Å². The summed E-state index contributed by atoms with van der Waals surface area (Å²) in [4.78, 5) is 12.2. The van der Waals surface area contributed by atoms with Crippen molar-refractivity contribution in [3.05, 3.63) is 168 Å². The van der Waals surface area contributed by atoms with Crippen LogP contribution < -0.4 is 4.90 Å². The molecule has 212 valence electrons. The summed E-state index contributed by atoms with van der Waals surface area (Å²) in [6.45, 7) is 23.1. The molecule has 0 unspecified atom stereocenters. The molecule has 1 aliphatic carbocycles. The molecule has 5 rings (SSSR count). The van der Waals surface area contributed by atoms with E-state index in [2.05, 4.69) is 93.6 Å². The van der Waals surface area contributed by atoms with Crippen LogP contribution in [-0.4, -0.2) is 17.0 Å². The number of aromatic nitrogens is 2. The molecular formula is C40H37N3. The number of para-hydroxylation sites is 2. The van der Waals surface area contributed by atoms with Gasteiger partial charge in [-0.2, -0.15) is 0 Å². The van der Waals surface area contributed by atoms with E-state index in [-0.39, 0.29) is 0 Å². The third-order valence-electron chi connectivity index (χ3n) is 8.07. The summed E-state index contributed by atoms with van der Waals surface area (Å²) in [6, 6.07) is 22.9. The van der Waals surface area contributed by atoms with E-state index in [1.807, 2.05) is 68.6 Å². The Hall–Kier alpha value is -5.28. The molecule has 4 aromatic rings. The van der Waals surface area contributed by atoms with Gasteiger partial charge >= 0.3 is 0 Å². The zero-order valence-corrected chi connectivity index (χ0v) is 25.5. The van der Waals surface area contributed by atoms with E-state index in [4.69, 9.17) is 9.97 Å². The van der Waals surface area contributed by atoms with E-state index in [1.54, 1.807) is 0 Å². The number of rotatable bonds is 8. The molecule has 0 fully saturated rings. The number of hydrogen-bond donors (Lipinski definition) is 0. The molecule has 0 N–H and O–H groups in total. The molecular weight excluding hydrogens is 522 g/mol. The Morgan fingerprint density at radius 3 is 2.00 bits per heavy atom. The molecule has 1 aromatic heterocycles. The van der Waals surface area contributed by atoms with E-state index in [0.717, 1.165) is 78.0 Å². The first-order valence-corrected chi connectivity index (χ1v) is 14.4. The maximum absolute atomic E-state index is 5.18. The normalized spacial score (nSPS) is 15.3. The Balaban J connectivity index is 1.84. The summed E-state index contributed by atoms with van der Waals surface area (Å²) in [5, 5.41) is 0.987. The van der Waals surface area contributed by atoms with Gasteiger partial charge in [-0.05, 0) is 89.1 Å². The lowest BCUT2D eigenvalue weighted by Gasteiger charge is -2.24. The maximum atomic E-state index is 5.18. The molecule has 0 bridgehead atoms. The van der Waals surface area contributed by atoms with E-state index in [9.17, 15) is 0 Å². The third-order valence-corrected chi connectivity index (χ3v) is 8.07. The van der Waals surface area contributed by atoms with Gasteiger partial charge < -0.3 is 4.90 Å². The molecule has 0 spiro atoms. The third kappa shape index (κ3) is 5.15. The number of fused-ring (bicyclic) bond motifs is 2. The van der Waals surface area contributed by atoms with E-state index in [0.29, 0.717) is 5.95 Å².